The fourth-order valence-corrected chi connectivity index (χ4v) is 2.30. The molecule has 0 aliphatic carbocycles. The highest BCUT2D eigenvalue weighted by atomic mass is 19.1. The molecular formula is C14H19F2NO. The molecule has 1 fully saturated rings. The van der Waals surface area contributed by atoms with Gasteiger partial charge >= 0.3 is 0 Å². The van der Waals surface area contributed by atoms with E-state index < -0.39 is 5.82 Å². The summed E-state index contributed by atoms with van der Waals surface area (Å²) in [7, 11) is 0. The zero-order valence-electron chi connectivity index (χ0n) is 10.7. The van der Waals surface area contributed by atoms with E-state index in [1.807, 2.05) is 6.92 Å². The van der Waals surface area contributed by atoms with Crippen molar-refractivity contribution in [1.82, 2.24) is 5.32 Å². The molecule has 0 radical (unpaired) electrons. The Bertz CT molecular complexity index is 411. The molecule has 1 aliphatic rings. The third-order valence-corrected chi connectivity index (χ3v) is 3.40. The topological polar surface area (TPSA) is 21.3 Å². The molecular weight excluding hydrogens is 236 g/mol. The van der Waals surface area contributed by atoms with Gasteiger partial charge in [-0.3, -0.25) is 0 Å². The van der Waals surface area contributed by atoms with Crippen LogP contribution in [0.4, 0.5) is 8.78 Å². The lowest BCUT2D eigenvalue weighted by molar-refractivity contribution is 0.0546. The number of nitrogens with one attached hydrogen (secondary N) is 1. The predicted octanol–water partition coefficient (Wildman–Crippen LogP) is 3.18. The second-order valence-corrected chi connectivity index (χ2v) is 4.94. The van der Waals surface area contributed by atoms with Crippen LogP contribution < -0.4 is 5.32 Å². The minimum Gasteiger partial charge on any atom is -0.374 e. The summed E-state index contributed by atoms with van der Waals surface area (Å²) in [6.45, 7) is 4.55. The molecule has 1 saturated heterocycles. The molecule has 1 aromatic rings. The summed E-state index contributed by atoms with van der Waals surface area (Å²) in [5.74, 6) is -0.789. The van der Waals surface area contributed by atoms with Crippen molar-refractivity contribution in [2.75, 3.05) is 6.54 Å². The van der Waals surface area contributed by atoms with Gasteiger partial charge in [0.25, 0.3) is 0 Å². The van der Waals surface area contributed by atoms with Gasteiger partial charge in [-0.25, -0.2) is 8.78 Å². The molecule has 0 bridgehead atoms. The lowest BCUT2D eigenvalue weighted by Crippen LogP contribution is -2.29. The van der Waals surface area contributed by atoms with E-state index in [1.165, 1.54) is 6.07 Å². The van der Waals surface area contributed by atoms with Crippen molar-refractivity contribution in [3.63, 3.8) is 0 Å². The lowest BCUT2D eigenvalue weighted by Gasteiger charge is -2.18. The van der Waals surface area contributed by atoms with Crippen LogP contribution in [0.3, 0.4) is 0 Å². The van der Waals surface area contributed by atoms with Crippen molar-refractivity contribution in [3.8, 4) is 0 Å². The van der Waals surface area contributed by atoms with Crippen LogP contribution in [-0.2, 0) is 4.74 Å². The Morgan fingerprint density at radius 2 is 2.17 bits per heavy atom. The summed E-state index contributed by atoms with van der Waals surface area (Å²) in [5, 5.41) is 3.20. The Kier molecular flexibility index (Phi) is 4.30. The number of ether oxygens (including phenoxy) is 1. The second kappa shape index (κ2) is 5.76. The van der Waals surface area contributed by atoms with Crippen LogP contribution in [0.5, 0.6) is 0 Å². The van der Waals surface area contributed by atoms with Gasteiger partial charge in [0.05, 0.1) is 12.2 Å². The van der Waals surface area contributed by atoms with E-state index in [4.69, 9.17) is 4.74 Å². The van der Waals surface area contributed by atoms with Crippen molar-refractivity contribution in [3.05, 3.63) is 35.4 Å². The zero-order valence-corrected chi connectivity index (χ0v) is 10.7. The molecule has 4 heteroatoms. The quantitative estimate of drug-likeness (QED) is 0.892. The monoisotopic (exact) mass is 255 g/mol. The first-order chi connectivity index (χ1) is 8.56. The van der Waals surface area contributed by atoms with E-state index in [9.17, 15) is 8.78 Å². The third kappa shape index (κ3) is 3.27. The van der Waals surface area contributed by atoms with Gasteiger partial charge in [-0.05, 0) is 44.9 Å². The Hall–Kier alpha value is -1.00. The summed E-state index contributed by atoms with van der Waals surface area (Å²) in [4.78, 5) is 0. The first-order valence-electron chi connectivity index (χ1n) is 6.40. The molecule has 1 aromatic carbocycles. The Labute approximate surface area is 106 Å². The van der Waals surface area contributed by atoms with Crippen LogP contribution in [0.25, 0.3) is 0 Å². The molecule has 3 atom stereocenters. The van der Waals surface area contributed by atoms with E-state index in [1.54, 1.807) is 0 Å². The molecule has 1 heterocycles. The Morgan fingerprint density at radius 3 is 2.83 bits per heavy atom. The maximum Gasteiger partial charge on any atom is 0.128 e. The molecule has 1 aliphatic heterocycles. The fourth-order valence-electron chi connectivity index (χ4n) is 2.30. The number of hydrogen-bond acceptors (Lipinski definition) is 2. The van der Waals surface area contributed by atoms with E-state index in [0.717, 1.165) is 25.0 Å². The third-order valence-electron chi connectivity index (χ3n) is 3.40. The first kappa shape index (κ1) is 13.4. The van der Waals surface area contributed by atoms with Crippen LogP contribution in [0.15, 0.2) is 18.2 Å². The Balaban J connectivity index is 1.91. The molecule has 0 amide bonds. The van der Waals surface area contributed by atoms with Crippen molar-refractivity contribution < 1.29 is 13.5 Å². The van der Waals surface area contributed by atoms with Gasteiger partial charge in [0.2, 0.25) is 0 Å². The summed E-state index contributed by atoms with van der Waals surface area (Å²) < 4.78 is 32.3. The van der Waals surface area contributed by atoms with Gasteiger partial charge in [-0.1, -0.05) is 0 Å². The van der Waals surface area contributed by atoms with Gasteiger partial charge in [0.15, 0.2) is 0 Å². The minimum atomic E-state index is -0.411. The van der Waals surface area contributed by atoms with Gasteiger partial charge in [-0.2, -0.15) is 0 Å². The average molecular weight is 255 g/mol. The maximum atomic E-state index is 13.5. The summed E-state index contributed by atoms with van der Waals surface area (Å²) in [6.07, 6.45) is 2.57. The van der Waals surface area contributed by atoms with E-state index >= 15 is 0 Å². The summed E-state index contributed by atoms with van der Waals surface area (Å²) >= 11 is 0. The average Bonchev–Trinajstić information content (AvgIpc) is 2.75. The number of halogens is 2. The smallest absolute Gasteiger partial charge is 0.128 e. The minimum absolute atomic E-state index is 0.180. The SMILES string of the molecule is CC1CCC(CNC(C)c2cc(F)ccc2F)O1. The van der Waals surface area contributed by atoms with E-state index in [-0.39, 0.29) is 18.0 Å². The highest BCUT2D eigenvalue weighted by Gasteiger charge is 2.22. The summed E-state index contributed by atoms with van der Waals surface area (Å²) in [6, 6.07) is 3.32. The normalized spacial score (nSPS) is 25.3. The standard InChI is InChI=1S/C14H19F2NO/c1-9-3-5-12(18-9)8-17-10(2)13-7-11(15)4-6-14(13)16/h4,6-7,9-10,12,17H,3,5,8H2,1-2H3. The zero-order chi connectivity index (χ0) is 13.1. The van der Waals surface area contributed by atoms with Crippen molar-refractivity contribution in [2.24, 2.45) is 0 Å². The van der Waals surface area contributed by atoms with E-state index in [2.05, 4.69) is 12.2 Å². The molecule has 2 nitrogen and oxygen atoms in total. The molecule has 0 saturated carbocycles. The van der Waals surface area contributed by atoms with Crippen molar-refractivity contribution in [1.29, 1.82) is 0 Å². The predicted molar refractivity (Wildman–Crippen MR) is 66.3 cm³/mol. The largest absolute Gasteiger partial charge is 0.374 e. The molecule has 100 valence electrons. The van der Waals surface area contributed by atoms with E-state index in [0.29, 0.717) is 18.2 Å². The van der Waals surface area contributed by atoms with Crippen LogP contribution in [0, 0.1) is 11.6 Å². The van der Waals surface area contributed by atoms with Crippen molar-refractivity contribution in [2.45, 2.75) is 44.9 Å². The van der Waals surface area contributed by atoms with Crippen LogP contribution >= 0.6 is 0 Å². The molecule has 0 spiro atoms. The first-order valence-corrected chi connectivity index (χ1v) is 6.40. The molecule has 3 unspecified atom stereocenters. The van der Waals surface area contributed by atoms with Crippen LogP contribution in [0.2, 0.25) is 0 Å². The number of benzene rings is 1. The highest BCUT2D eigenvalue weighted by molar-refractivity contribution is 5.21. The molecule has 2 rings (SSSR count). The second-order valence-electron chi connectivity index (χ2n) is 4.94. The Morgan fingerprint density at radius 1 is 1.39 bits per heavy atom. The van der Waals surface area contributed by atoms with Gasteiger partial charge in [0.1, 0.15) is 11.6 Å². The van der Waals surface area contributed by atoms with Gasteiger partial charge in [-0.15, -0.1) is 0 Å². The van der Waals surface area contributed by atoms with Gasteiger partial charge in [0, 0.05) is 18.2 Å². The van der Waals surface area contributed by atoms with Crippen LogP contribution in [0.1, 0.15) is 38.3 Å². The van der Waals surface area contributed by atoms with Gasteiger partial charge < -0.3 is 10.1 Å². The maximum absolute atomic E-state index is 13.5. The number of hydrogen-bond donors (Lipinski definition) is 1. The fraction of sp³-hybridized carbons (Fsp3) is 0.571. The van der Waals surface area contributed by atoms with Crippen LogP contribution in [-0.4, -0.2) is 18.8 Å². The molecule has 1 N–H and O–H groups in total. The van der Waals surface area contributed by atoms with Crippen molar-refractivity contribution >= 4 is 0 Å². The molecule has 18 heavy (non-hydrogen) atoms. The highest BCUT2D eigenvalue weighted by Crippen LogP contribution is 2.21. The molecule has 0 aromatic heterocycles. The lowest BCUT2D eigenvalue weighted by atomic mass is 10.1. The number of rotatable bonds is 4. The summed E-state index contributed by atoms with van der Waals surface area (Å²) in [5.41, 5.74) is 0.362.